The van der Waals surface area contributed by atoms with Crippen LogP contribution >= 0.6 is 0 Å². The number of aryl methyl sites for hydroxylation is 1. The average Bonchev–Trinajstić information content (AvgIpc) is 3.16. The highest BCUT2D eigenvalue weighted by Gasteiger charge is 2.21. The van der Waals surface area contributed by atoms with Gasteiger partial charge in [-0.15, -0.1) is 0 Å². The molecule has 2 aromatic heterocycles. The molecule has 3 aromatic rings. The number of aromatic nitrogens is 4. The molecular formula is C21H29N5O6. The predicted molar refractivity (Wildman–Crippen MR) is 120 cm³/mol. The van der Waals surface area contributed by atoms with Crippen LogP contribution in [0.4, 0.5) is 5.95 Å². The van der Waals surface area contributed by atoms with E-state index < -0.39 is 17.4 Å². The molecule has 11 heteroatoms. The number of nitrogens with zero attached hydrogens (tertiary/aromatic N) is 4. The minimum atomic E-state index is -0.934. The largest absolute Gasteiger partial charge is 0.497 e. The summed E-state index contributed by atoms with van der Waals surface area (Å²) in [5.41, 5.74) is -0.478. The Balaban J connectivity index is 1.86. The third kappa shape index (κ3) is 4.94. The van der Waals surface area contributed by atoms with Crippen molar-refractivity contribution in [3.63, 3.8) is 0 Å². The molecule has 32 heavy (non-hydrogen) atoms. The SMILES string of the molecule is COCCCNc1nc2c(c(=O)n(C)c(=O)n2C)n1CC(O)COc1ccc(OC)cc1. The van der Waals surface area contributed by atoms with Gasteiger partial charge in [0.1, 0.15) is 24.2 Å². The first-order valence-electron chi connectivity index (χ1n) is 10.2. The Kier molecular flexibility index (Phi) is 7.54. The third-order valence-electron chi connectivity index (χ3n) is 5.05. The molecule has 3 rings (SSSR count). The molecule has 0 amide bonds. The fourth-order valence-electron chi connectivity index (χ4n) is 3.30. The first-order valence-corrected chi connectivity index (χ1v) is 10.2. The van der Waals surface area contributed by atoms with Gasteiger partial charge in [0.15, 0.2) is 11.2 Å². The normalized spacial score (nSPS) is 12.2. The smallest absolute Gasteiger partial charge is 0.332 e. The van der Waals surface area contributed by atoms with E-state index in [0.29, 0.717) is 30.6 Å². The molecule has 0 fully saturated rings. The summed E-state index contributed by atoms with van der Waals surface area (Å²) < 4.78 is 19.8. The molecule has 0 saturated carbocycles. The van der Waals surface area contributed by atoms with Crippen molar-refractivity contribution in [2.45, 2.75) is 19.1 Å². The number of hydrogen-bond acceptors (Lipinski definition) is 8. The van der Waals surface area contributed by atoms with Crippen molar-refractivity contribution in [1.82, 2.24) is 18.7 Å². The van der Waals surface area contributed by atoms with Crippen LogP contribution in [-0.4, -0.2) is 63.9 Å². The minimum Gasteiger partial charge on any atom is -0.497 e. The summed E-state index contributed by atoms with van der Waals surface area (Å²) >= 11 is 0. The van der Waals surface area contributed by atoms with Gasteiger partial charge < -0.3 is 29.2 Å². The molecule has 1 unspecified atom stereocenters. The second kappa shape index (κ2) is 10.3. The topological polar surface area (TPSA) is 122 Å². The Morgan fingerprint density at radius 1 is 1.09 bits per heavy atom. The van der Waals surface area contributed by atoms with Gasteiger partial charge in [0, 0.05) is 34.4 Å². The molecule has 0 aliphatic carbocycles. The van der Waals surface area contributed by atoms with Crippen LogP contribution in [0.2, 0.25) is 0 Å². The van der Waals surface area contributed by atoms with E-state index in [4.69, 9.17) is 14.2 Å². The number of methoxy groups -OCH3 is 2. The minimum absolute atomic E-state index is 0.00119. The summed E-state index contributed by atoms with van der Waals surface area (Å²) in [4.78, 5) is 29.6. The number of hydrogen-bond donors (Lipinski definition) is 2. The molecule has 2 N–H and O–H groups in total. The molecule has 11 nitrogen and oxygen atoms in total. The lowest BCUT2D eigenvalue weighted by molar-refractivity contribution is 0.0938. The second-order valence-electron chi connectivity index (χ2n) is 7.34. The lowest BCUT2D eigenvalue weighted by Gasteiger charge is -2.16. The number of benzene rings is 1. The van der Waals surface area contributed by atoms with Gasteiger partial charge in [0.25, 0.3) is 5.56 Å². The summed E-state index contributed by atoms with van der Waals surface area (Å²) in [7, 11) is 6.17. The Morgan fingerprint density at radius 3 is 2.44 bits per heavy atom. The van der Waals surface area contributed by atoms with Crippen molar-refractivity contribution < 1.29 is 19.3 Å². The maximum Gasteiger partial charge on any atom is 0.332 e. The fraction of sp³-hybridized carbons (Fsp3) is 0.476. The second-order valence-corrected chi connectivity index (χ2v) is 7.34. The van der Waals surface area contributed by atoms with Crippen LogP contribution < -0.4 is 26.0 Å². The van der Waals surface area contributed by atoms with E-state index in [1.54, 1.807) is 50.1 Å². The van der Waals surface area contributed by atoms with Gasteiger partial charge in [-0.05, 0) is 30.7 Å². The maximum atomic E-state index is 12.8. The van der Waals surface area contributed by atoms with Crippen LogP contribution in [0.15, 0.2) is 33.9 Å². The van der Waals surface area contributed by atoms with Crippen LogP contribution in [0.5, 0.6) is 11.5 Å². The summed E-state index contributed by atoms with van der Waals surface area (Å²) in [6.07, 6.45) is -0.212. The standard InChI is InChI=1S/C21H29N5O6/c1-24-18-17(19(28)25(2)21(24)29)26(20(23-18)22-10-5-11-30-3)12-14(27)13-32-16-8-6-15(31-4)7-9-16/h6-9,14,27H,5,10-13H2,1-4H3,(H,22,23). The molecule has 0 aliphatic heterocycles. The molecule has 0 spiro atoms. The number of ether oxygens (including phenoxy) is 3. The molecule has 0 radical (unpaired) electrons. The van der Waals surface area contributed by atoms with E-state index in [1.807, 2.05) is 0 Å². The van der Waals surface area contributed by atoms with Gasteiger partial charge in [-0.2, -0.15) is 4.98 Å². The monoisotopic (exact) mass is 447 g/mol. The Morgan fingerprint density at radius 2 is 1.78 bits per heavy atom. The molecule has 0 aliphatic rings. The highest BCUT2D eigenvalue weighted by Crippen LogP contribution is 2.19. The van der Waals surface area contributed by atoms with Crippen LogP contribution in [0, 0.1) is 0 Å². The first kappa shape index (κ1) is 23.4. The van der Waals surface area contributed by atoms with E-state index in [1.165, 1.54) is 11.6 Å². The van der Waals surface area contributed by atoms with Crippen molar-refractivity contribution in [3.8, 4) is 11.5 Å². The van der Waals surface area contributed by atoms with Crippen molar-refractivity contribution in [1.29, 1.82) is 0 Å². The van der Waals surface area contributed by atoms with Crippen molar-refractivity contribution in [2.24, 2.45) is 14.1 Å². The van der Waals surface area contributed by atoms with E-state index in [9.17, 15) is 14.7 Å². The van der Waals surface area contributed by atoms with E-state index in [2.05, 4.69) is 10.3 Å². The van der Waals surface area contributed by atoms with Crippen molar-refractivity contribution in [3.05, 3.63) is 45.1 Å². The molecule has 0 bridgehead atoms. The van der Waals surface area contributed by atoms with Crippen LogP contribution in [0.25, 0.3) is 11.2 Å². The van der Waals surface area contributed by atoms with E-state index in [0.717, 1.165) is 11.0 Å². The van der Waals surface area contributed by atoms with Gasteiger partial charge in [-0.1, -0.05) is 0 Å². The lowest BCUT2D eigenvalue weighted by atomic mass is 10.3. The van der Waals surface area contributed by atoms with Gasteiger partial charge in [-0.25, -0.2) is 4.79 Å². The number of anilines is 1. The summed E-state index contributed by atoms with van der Waals surface area (Å²) in [6, 6.07) is 7.01. The number of rotatable bonds is 11. The first-order chi connectivity index (χ1) is 15.4. The highest BCUT2D eigenvalue weighted by atomic mass is 16.5. The average molecular weight is 447 g/mol. The Bertz CT molecular complexity index is 1160. The lowest BCUT2D eigenvalue weighted by Crippen LogP contribution is -2.38. The third-order valence-corrected chi connectivity index (χ3v) is 5.05. The zero-order valence-electron chi connectivity index (χ0n) is 18.7. The van der Waals surface area contributed by atoms with Crippen LogP contribution in [-0.2, 0) is 25.4 Å². The van der Waals surface area contributed by atoms with Gasteiger partial charge in [-0.3, -0.25) is 13.9 Å². The van der Waals surface area contributed by atoms with Gasteiger partial charge >= 0.3 is 5.69 Å². The quantitative estimate of drug-likeness (QED) is 0.404. The van der Waals surface area contributed by atoms with Crippen LogP contribution in [0.3, 0.4) is 0 Å². The fourth-order valence-corrected chi connectivity index (χ4v) is 3.30. The predicted octanol–water partition coefficient (Wildman–Crippen LogP) is 0.331. The van der Waals surface area contributed by atoms with Crippen molar-refractivity contribution >= 4 is 17.1 Å². The maximum absolute atomic E-state index is 12.8. The Hall–Kier alpha value is -3.31. The Labute approximate surface area is 184 Å². The zero-order valence-corrected chi connectivity index (χ0v) is 18.7. The van der Waals surface area contributed by atoms with Gasteiger partial charge in [0.2, 0.25) is 5.95 Å². The number of fused-ring (bicyclic) bond motifs is 1. The summed E-state index contributed by atoms with van der Waals surface area (Å²) in [5.74, 6) is 1.67. The summed E-state index contributed by atoms with van der Waals surface area (Å²) in [5, 5.41) is 13.8. The molecule has 2 heterocycles. The molecule has 174 valence electrons. The number of imidazole rings is 1. The van der Waals surface area contributed by atoms with Gasteiger partial charge in [0.05, 0.1) is 13.7 Å². The number of nitrogens with one attached hydrogen (secondary N) is 1. The zero-order chi connectivity index (χ0) is 23.3. The van der Waals surface area contributed by atoms with E-state index >= 15 is 0 Å². The van der Waals surface area contributed by atoms with E-state index in [-0.39, 0.29) is 24.3 Å². The summed E-state index contributed by atoms with van der Waals surface area (Å²) in [6.45, 7) is 1.16. The highest BCUT2D eigenvalue weighted by molar-refractivity contribution is 5.74. The van der Waals surface area contributed by atoms with Crippen molar-refractivity contribution in [2.75, 3.05) is 39.3 Å². The van der Waals surface area contributed by atoms with Crippen LogP contribution in [0.1, 0.15) is 6.42 Å². The molecular weight excluding hydrogens is 418 g/mol. The molecule has 1 atom stereocenters. The molecule has 0 saturated heterocycles. The number of aliphatic hydroxyl groups excluding tert-OH is 1. The number of aliphatic hydroxyl groups is 1. The molecule has 1 aromatic carbocycles.